The molecule has 0 spiro atoms. The first-order valence-corrected chi connectivity index (χ1v) is 8.20. The van der Waals surface area contributed by atoms with Gasteiger partial charge in [0.15, 0.2) is 0 Å². The molecule has 2 fully saturated rings. The lowest BCUT2D eigenvalue weighted by molar-refractivity contribution is -0.237. The third kappa shape index (κ3) is 6.53. The van der Waals surface area contributed by atoms with E-state index in [0.29, 0.717) is 5.03 Å². The van der Waals surface area contributed by atoms with Crippen molar-refractivity contribution in [3.63, 3.8) is 0 Å². The number of hydrogen-bond acceptors (Lipinski definition) is 5. The smallest absolute Gasteiger partial charge is 0.249 e. The molecule has 0 amide bonds. The van der Waals surface area contributed by atoms with Crippen molar-refractivity contribution in [1.29, 1.82) is 0 Å². The minimum Gasteiger partial charge on any atom is -0.378 e. The molecule has 1 saturated heterocycles. The van der Waals surface area contributed by atoms with E-state index < -0.39 is 0 Å². The third-order valence-corrected chi connectivity index (χ3v) is 4.08. The highest BCUT2D eigenvalue weighted by atomic mass is 32.2. The molecule has 0 aromatic carbocycles. The van der Waals surface area contributed by atoms with E-state index in [1.54, 1.807) is 6.08 Å². The van der Waals surface area contributed by atoms with E-state index in [9.17, 15) is 0 Å². The van der Waals surface area contributed by atoms with Crippen LogP contribution in [0.4, 0.5) is 0 Å². The lowest BCUT2D eigenvalue weighted by Gasteiger charge is -2.24. The fraction of sp³-hybridized carbons (Fsp3) is 0.667. The van der Waals surface area contributed by atoms with E-state index in [-0.39, 0.29) is 6.10 Å². The molecule has 0 N–H and O–H groups in total. The Kier molecular flexibility index (Phi) is 7.68. The zero-order valence-electron chi connectivity index (χ0n) is 12.2. The Morgan fingerprint density at radius 3 is 2.71 bits per heavy atom. The average Bonchev–Trinajstić information content (AvgIpc) is 2.55. The topological polar surface area (TPSA) is 35.3 Å². The maximum Gasteiger partial charge on any atom is 0.249 e. The van der Waals surface area contributed by atoms with Gasteiger partial charge in [0.05, 0.1) is 37.9 Å². The quantitative estimate of drug-likeness (QED) is 0.247. The number of rotatable bonds is 6. The predicted octanol–water partition coefficient (Wildman–Crippen LogP) is 3.52. The molecule has 0 unspecified atom stereocenters. The van der Waals surface area contributed by atoms with Crippen LogP contribution in [-0.4, -0.2) is 37.3 Å². The summed E-state index contributed by atoms with van der Waals surface area (Å²) in [5.74, 6) is 0. The second-order valence-electron chi connectivity index (χ2n) is 5.11. The first-order valence-electron chi connectivity index (χ1n) is 7.46. The SMILES string of the molecule is [C-]#[N+]/C(=C\C=C\N1CCOCC1)SOOC1CCCCC1. The standard InChI is InChI=1S/C15H22N2O3S/c1-16-15(8-5-9-17-10-12-18-13-11-17)21-20-19-14-6-3-2-4-7-14/h5,8-9,14H,2-4,6-7,10-13H2/b9-5+,15-8+. The minimum absolute atomic E-state index is 0.183. The number of ether oxygens (including phenoxy) is 1. The second kappa shape index (κ2) is 9.85. The maximum atomic E-state index is 7.14. The summed E-state index contributed by atoms with van der Waals surface area (Å²) < 4.78 is 10.4. The highest BCUT2D eigenvalue weighted by Gasteiger charge is 2.15. The van der Waals surface area contributed by atoms with Crippen molar-refractivity contribution in [2.45, 2.75) is 38.2 Å². The Morgan fingerprint density at radius 2 is 2.00 bits per heavy atom. The van der Waals surface area contributed by atoms with E-state index in [1.807, 2.05) is 12.3 Å². The van der Waals surface area contributed by atoms with Crippen LogP contribution in [0.3, 0.4) is 0 Å². The van der Waals surface area contributed by atoms with Crippen molar-refractivity contribution in [2.75, 3.05) is 26.3 Å². The number of hydrogen-bond donors (Lipinski definition) is 0. The van der Waals surface area contributed by atoms with Crippen LogP contribution in [0.1, 0.15) is 32.1 Å². The lowest BCUT2D eigenvalue weighted by atomic mass is 9.98. The lowest BCUT2D eigenvalue weighted by Crippen LogP contribution is -2.31. The molecule has 0 aromatic rings. The molecule has 21 heavy (non-hydrogen) atoms. The molecule has 116 valence electrons. The fourth-order valence-corrected chi connectivity index (χ4v) is 2.72. The summed E-state index contributed by atoms with van der Waals surface area (Å²) in [5.41, 5.74) is 0. The molecule has 6 heteroatoms. The first-order chi connectivity index (χ1) is 10.4. The molecule has 1 saturated carbocycles. The number of nitrogens with zero attached hydrogens (tertiary/aromatic N) is 2. The molecule has 1 heterocycles. The predicted molar refractivity (Wildman–Crippen MR) is 82.9 cm³/mol. The molecule has 2 rings (SSSR count). The summed E-state index contributed by atoms with van der Waals surface area (Å²) in [7, 11) is 0. The zero-order valence-corrected chi connectivity index (χ0v) is 13.0. The molecule has 0 radical (unpaired) electrons. The first kappa shape index (κ1) is 16.4. The monoisotopic (exact) mass is 310 g/mol. The average molecular weight is 310 g/mol. The van der Waals surface area contributed by atoms with Gasteiger partial charge in [-0.15, -0.1) is 0 Å². The molecule has 2 aliphatic rings. The van der Waals surface area contributed by atoms with Crippen LogP contribution in [0.25, 0.3) is 4.85 Å². The van der Waals surface area contributed by atoms with E-state index >= 15 is 0 Å². The molecular formula is C15H22N2O3S. The van der Waals surface area contributed by atoms with Crippen molar-refractivity contribution in [3.8, 4) is 0 Å². The highest BCUT2D eigenvalue weighted by molar-refractivity contribution is 7.98. The minimum atomic E-state index is 0.183. The van der Waals surface area contributed by atoms with Gasteiger partial charge in [-0.3, -0.25) is 0 Å². The van der Waals surface area contributed by atoms with Gasteiger partial charge in [0.25, 0.3) is 0 Å². The molecular weight excluding hydrogens is 288 g/mol. The summed E-state index contributed by atoms with van der Waals surface area (Å²) in [6, 6.07) is 0. The van der Waals surface area contributed by atoms with Gasteiger partial charge < -0.3 is 9.64 Å². The Labute approximate surface area is 130 Å². The zero-order chi connectivity index (χ0) is 14.8. The van der Waals surface area contributed by atoms with Crippen LogP contribution in [0.5, 0.6) is 0 Å². The van der Waals surface area contributed by atoms with Crippen molar-refractivity contribution >= 4 is 12.0 Å². The van der Waals surface area contributed by atoms with Gasteiger partial charge in [-0.05, 0) is 25.1 Å². The maximum absolute atomic E-state index is 7.14. The Morgan fingerprint density at radius 1 is 1.24 bits per heavy atom. The molecule has 0 bridgehead atoms. The van der Waals surface area contributed by atoms with E-state index in [2.05, 4.69) is 9.74 Å². The highest BCUT2D eigenvalue weighted by Crippen LogP contribution is 2.25. The Balaban J connectivity index is 1.67. The normalized spacial score (nSPS) is 21.7. The van der Waals surface area contributed by atoms with Gasteiger partial charge in [-0.2, -0.15) is 4.33 Å². The third-order valence-electron chi connectivity index (χ3n) is 3.54. The molecule has 0 atom stereocenters. The summed E-state index contributed by atoms with van der Waals surface area (Å²) in [6.45, 7) is 10.4. The Hall–Kier alpha value is -1.00. The van der Waals surface area contributed by atoms with Gasteiger partial charge in [-0.25, -0.2) is 9.73 Å². The number of morpholine rings is 1. The van der Waals surface area contributed by atoms with Crippen molar-refractivity contribution in [3.05, 3.63) is 34.8 Å². The van der Waals surface area contributed by atoms with Crippen LogP contribution in [-0.2, 0) is 14.0 Å². The van der Waals surface area contributed by atoms with Crippen LogP contribution in [0.15, 0.2) is 23.4 Å². The van der Waals surface area contributed by atoms with E-state index in [0.717, 1.165) is 51.2 Å². The molecule has 1 aliphatic heterocycles. The van der Waals surface area contributed by atoms with Crippen LogP contribution >= 0.6 is 12.0 Å². The van der Waals surface area contributed by atoms with Crippen LogP contribution < -0.4 is 0 Å². The summed E-state index contributed by atoms with van der Waals surface area (Å²) in [4.78, 5) is 10.9. The van der Waals surface area contributed by atoms with Crippen LogP contribution in [0.2, 0.25) is 0 Å². The van der Waals surface area contributed by atoms with Crippen molar-refractivity contribution in [2.24, 2.45) is 0 Å². The van der Waals surface area contributed by atoms with Gasteiger partial charge >= 0.3 is 0 Å². The van der Waals surface area contributed by atoms with E-state index in [4.69, 9.17) is 20.5 Å². The van der Waals surface area contributed by atoms with Crippen molar-refractivity contribution in [1.82, 2.24) is 4.90 Å². The molecule has 5 nitrogen and oxygen atoms in total. The van der Waals surface area contributed by atoms with Gasteiger partial charge in [0.2, 0.25) is 5.03 Å². The molecule has 1 aliphatic carbocycles. The van der Waals surface area contributed by atoms with Gasteiger partial charge in [0, 0.05) is 13.1 Å². The van der Waals surface area contributed by atoms with Gasteiger partial charge in [-0.1, -0.05) is 25.3 Å². The van der Waals surface area contributed by atoms with E-state index in [1.165, 1.54) is 19.3 Å². The Bertz CT molecular complexity index is 394. The van der Waals surface area contributed by atoms with Gasteiger partial charge in [0.1, 0.15) is 0 Å². The number of allylic oxidation sites excluding steroid dienone is 2. The molecule has 0 aromatic heterocycles. The fourth-order valence-electron chi connectivity index (χ4n) is 2.33. The summed E-state index contributed by atoms with van der Waals surface area (Å²) >= 11 is 0.992. The largest absolute Gasteiger partial charge is 0.378 e. The summed E-state index contributed by atoms with van der Waals surface area (Å²) in [6.07, 6.45) is 11.6. The second-order valence-corrected chi connectivity index (χ2v) is 5.84. The van der Waals surface area contributed by atoms with Crippen molar-refractivity contribution < 1.29 is 14.0 Å². The summed E-state index contributed by atoms with van der Waals surface area (Å²) in [5, 5.41) is 0.468. The van der Waals surface area contributed by atoms with Crippen LogP contribution in [0, 0.1) is 6.57 Å².